The highest BCUT2D eigenvalue weighted by molar-refractivity contribution is 7.93. The van der Waals surface area contributed by atoms with E-state index in [4.69, 9.17) is 4.74 Å². The van der Waals surface area contributed by atoms with Gasteiger partial charge in [0.05, 0.1) is 17.3 Å². The summed E-state index contributed by atoms with van der Waals surface area (Å²) in [6.07, 6.45) is 0.925. The molecule has 0 unspecified atom stereocenters. The van der Waals surface area contributed by atoms with Crippen molar-refractivity contribution in [2.75, 3.05) is 11.8 Å². The zero-order valence-electron chi connectivity index (χ0n) is 14.6. The van der Waals surface area contributed by atoms with Gasteiger partial charge in [0.1, 0.15) is 10.6 Å². The smallest absolute Gasteiger partial charge is 0.267 e. The predicted molar refractivity (Wildman–Crippen MR) is 102 cm³/mol. The van der Waals surface area contributed by atoms with E-state index in [-0.39, 0.29) is 4.90 Å². The molecule has 0 spiro atoms. The van der Waals surface area contributed by atoms with Crippen molar-refractivity contribution in [2.24, 2.45) is 0 Å². The molecule has 1 heterocycles. The van der Waals surface area contributed by atoms with Crippen LogP contribution in [-0.2, 0) is 16.4 Å². The molecule has 0 fully saturated rings. The monoisotopic (exact) mass is 376 g/mol. The maximum absolute atomic E-state index is 12.8. The van der Waals surface area contributed by atoms with Crippen LogP contribution in [0.2, 0.25) is 0 Å². The summed E-state index contributed by atoms with van der Waals surface area (Å²) in [5, 5.41) is 0.350. The number of rotatable bonds is 5. The molecule has 0 atom stereocenters. The summed E-state index contributed by atoms with van der Waals surface area (Å²) in [6.45, 7) is 5.87. The lowest BCUT2D eigenvalue weighted by Crippen LogP contribution is -2.14. The first-order chi connectivity index (χ1) is 11.8. The fourth-order valence-corrected chi connectivity index (χ4v) is 4.94. The summed E-state index contributed by atoms with van der Waals surface area (Å²) in [4.78, 5) is 4.50. The van der Waals surface area contributed by atoms with Gasteiger partial charge in [0.15, 0.2) is 5.13 Å². The molecule has 132 valence electrons. The second-order valence-electron chi connectivity index (χ2n) is 5.87. The SMILES string of the molecule is CCc1ccc2nc(NS(=O)(=O)c3cc(C)c(C)cc3OC)sc2c1. The number of thiazole rings is 1. The number of fused-ring (bicyclic) bond motifs is 1. The lowest BCUT2D eigenvalue weighted by Gasteiger charge is -2.12. The predicted octanol–water partition coefficient (Wildman–Crippen LogP) is 4.28. The van der Waals surface area contributed by atoms with Crippen molar-refractivity contribution in [3.63, 3.8) is 0 Å². The Bertz CT molecular complexity index is 1040. The highest BCUT2D eigenvalue weighted by atomic mass is 32.2. The van der Waals surface area contributed by atoms with E-state index in [2.05, 4.69) is 16.6 Å². The van der Waals surface area contributed by atoms with Gasteiger partial charge in [0.2, 0.25) is 0 Å². The Hall–Kier alpha value is -2.12. The molecule has 1 aromatic heterocycles. The third-order valence-electron chi connectivity index (χ3n) is 4.15. The number of anilines is 1. The fourth-order valence-electron chi connectivity index (χ4n) is 2.54. The Kier molecular flexibility index (Phi) is 4.71. The Morgan fingerprint density at radius 2 is 1.88 bits per heavy atom. The van der Waals surface area contributed by atoms with Gasteiger partial charge < -0.3 is 4.74 Å². The number of benzene rings is 2. The summed E-state index contributed by atoms with van der Waals surface area (Å²) in [6, 6.07) is 9.32. The normalized spacial score (nSPS) is 11.7. The van der Waals surface area contributed by atoms with Gasteiger partial charge in [-0.25, -0.2) is 13.4 Å². The van der Waals surface area contributed by atoms with Crippen LogP contribution in [0.3, 0.4) is 0 Å². The molecule has 3 aromatic rings. The van der Waals surface area contributed by atoms with Crippen LogP contribution in [0.5, 0.6) is 5.75 Å². The van der Waals surface area contributed by atoms with Crippen molar-refractivity contribution in [3.05, 3.63) is 47.0 Å². The number of hydrogen-bond acceptors (Lipinski definition) is 5. The Morgan fingerprint density at radius 3 is 2.56 bits per heavy atom. The molecule has 0 aliphatic rings. The van der Waals surface area contributed by atoms with Gasteiger partial charge in [-0.05, 0) is 61.2 Å². The first kappa shape index (κ1) is 17.7. The van der Waals surface area contributed by atoms with Crippen molar-refractivity contribution in [1.29, 1.82) is 0 Å². The van der Waals surface area contributed by atoms with E-state index < -0.39 is 10.0 Å². The number of nitrogens with one attached hydrogen (secondary N) is 1. The first-order valence-electron chi connectivity index (χ1n) is 7.91. The summed E-state index contributed by atoms with van der Waals surface area (Å²) in [7, 11) is -2.32. The zero-order chi connectivity index (χ0) is 18.2. The highest BCUT2D eigenvalue weighted by Crippen LogP contribution is 2.32. The number of sulfonamides is 1. The van der Waals surface area contributed by atoms with Crippen molar-refractivity contribution < 1.29 is 13.2 Å². The van der Waals surface area contributed by atoms with Gasteiger partial charge in [-0.1, -0.05) is 24.3 Å². The minimum absolute atomic E-state index is 0.117. The van der Waals surface area contributed by atoms with Crippen molar-refractivity contribution in [3.8, 4) is 5.75 Å². The molecule has 0 amide bonds. The van der Waals surface area contributed by atoms with E-state index in [9.17, 15) is 8.42 Å². The van der Waals surface area contributed by atoms with E-state index in [0.29, 0.717) is 10.9 Å². The van der Waals surface area contributed by atoms with Crippen LogP contribution in [0.15, 0.2) is 35.2 Å². The summed E-state index contributed by atoms with van der Waals surface area (Å²) in [5.74, 6) is 0.324. The summed E-state index contributed by atoms with van der Waals surface area (Å²) >= 11 is 1.33. The molecular weight excluding hydrogens is 356 g/mol. The molecule has 0 bridgehead atoms. The quantitative estimate of drug-likeness (QED) is 0.721. The van der Waals surface area contributed by atoms with E-state index in [0.717, 1.165) is 27.8 Å². The van der Waals surface area contributed by atoms with Crippen molar-refractivity contribution in [2.45, 2.75) is 32.1 Å². The Morgan fingerprint density at radius 1 is 1.16 bits per heavy atom. The topological polar surface area (TPSA) is 68.3 Å². The maximum atomic E-state index is 12.8. The van der Waals surface area contributed by atoms with E-state index in [1.54, 1.807) is 12.1 Å². The van der Waals surface area contributed by atoms with Crippen LogP contribution < -0.4 is 9.46 Å². The first-order valence-corrected chi connectivity index (χ1v) is 10.2. The van der Waals surface area contributed by atoms with Gasteiger partial charge in [0, 0.05) is 0 Å². The van der Waals surface area contributed by atoms with E-state index in [1.807, 2.05) is 32.0 Å². The molecule has 3 rings (SSSR count). The number of hydrogen-bond donors (Lipinski definition) is 1. The molecule has 5 nitrogen and oxygen atoms in total. The van der Waals surface area contributed by atoms with Gasteiger partial charge in [0.25, 0.3) is 10.0 Å². The van der Waals surface area contributed by atoms with Crippen LogP contribution in [0.25, 0.3) is 10.2 Å². The van der Waals surface area contributed by atoms with Crippen LogP contribution in [0.1, 0.15) is 23.6 Å². The Labute approximate surface area is 151 Å². The second-order valence-corrected chi connectivity index (χ2v) is 8.55. The van der Waals surface area contributed by atoms with Crippen LogP contribution in [-0.4, -0.2) is 20.5 Å². The number of methoxy groups -OCH3 is 1. The molecule has 25 heavy (non-hydrogen) atoms. The number of aromatic nitrogens is 1. The third kappa shape index (κ3) is 3.48. The number of aryl methyl sites for hydroxylation is 3. The van der Waals surface area contributed by atoms with Gasteiger partial charge in [-0.3, -0.25) is 4.72 Å². The summed E-state index contributed by atoms with van der Waals surface area (Å²) in [5.41, 5.74) is 3.84. The number of nitrogens with zero attached hydrogens (tertiary/aromatic N) is 1. The van der Waals surface area contributed by atoms with Crippen molar-refractivity contribution >= 4 is 36.7 Å². The molecule has 2 aromatic carbocycles. The Balaban J connectivity index is 2.00. The minimum Gasteiger partial charge on any atom is -0.495 e. The van der Waals surface area contributed by atoms with Crippen LogP contribution in [0, 0.1) is 13.8 Å². The van der Waals surface area contributed by atoms with Crippen LogP contribution >= 0.6 is 11.3 Å². The summed E-state index contributed by atoms with van der Waals surface area (Å²) < 4.78 is 34.4. The molecule has 0 radical (unpaired) electrons. The van der Waals surface area contributed by atoms with Gasteiger partial charge >= 0.3 is 0 Å². The standard InChI is InChI=1S/C18H20N2O3S2/c1-5-13-6-7-14-16(10-13)24-18(19-14)20-25(21,22)17-9-12(3)11(2)8-15(17)23-4/h6-10H,5H2,1-4H3,(H,19,20). The molecule has 7 heteroatoms. The van der Waals surface area contributed by atoms with Crippen LogP contribution in [0.4, 0.5) is 5.13 Å². The maximum Gasteiger partial charge on any atom is 0.267 e. The largest absolute Gasteiger partial charge is 0.495 e. The fraction of sp³-hybridized carbons (Fsp3) is 0.278. The van der Waals surface area contributed by atoms with Crippen molar-refractivity contribution in [1.82, 2.24) is 4.98 Å². The molecule has 0 aliphatic heterocycles. The zero-order valence-corrected chi connectivity index (χ0v) is 16.2. The van der Waals surface area contributed by atoms with E-state index >= 15 is 0 Å². The lowest BCUT2D eigenvalue weighted by molar-refractivity contribution is 0.402. The molecule has 0 saturated carbocycles. The third-order valence-corrected chi connectivity index (χ3v) is 6.58. The number of ether oxygens (including phenoxy) is 1. The minimum atomic E-state index is -3.79. The molecule has 0 aliphatic carbocycles. The average Bonchev–Trinajstić information content (AvgIpc) is 2.96. The van der Waals surface area contributed by atoms with Gasteiger partial charge in [-0.15, -0.1) is 0 Å². The highest BCUT2D eigenvalue weighted by Gasteiger charge is 2.22. The molecular formula is C18H20N2O3S2. The van der Waals surface area contributed by atoms with Gasteiger partial charge in [-0.2, -0.15) is 0 Å². The lowest BCUT2D eigenvalue weighted by atomic mass is 10.1. The average molecular weight is 377 g/mol. The molecule has 0 saturated heterocycles. The molecule has 1 N–H and O–H groups in total. The van der Waals surface area contributed by atoms with E-state index in [1.165, 1.54) is 24.0 Å². The second kappa shape index (κ2) is 6.65.